The number of fused-ring (bicyclic) bond motifs is 1. The summed E-state index contributed by atoms with van der Waals surface area (Å²) in [5.41, 5.74) is 0.980. The van der Waals surface area contributed by atoms with Crippen molar-refractivity contribution < 1.29 is 19.1 Å². The Kier molecular flexibility index (Phi) is 6.27. The molecule has 0 saturated heterocycles. The number of rotatable bonds is 7. The summed E-state index contributed by atoms with van der Waals surface area (Å²) < 4.78 is 12.3. The number of benzene rings is 2. The topological polar surface area (TPSA) is 99.0 Å². The summed E-state index contributed by atoms with van der Waals surface area (Å²) in [7, 11) is 0. The van der Waals surface area contributed by atoms with Crippen LogP contribution >= 0.6 is 11.3 Å². The molecule has 4 rings (SSSR count). The van der Waals surface area contributed by atoms with Crippen molar-refractivity contribution >= 4 is 33.9 Å². The zero-order valence-electron chi connectivity index (χ0n) is 17.1. The highest BCUT2D eigenvalue weighted by atomic mass is 32.1. The summed E-state index contributed by atoms with van der Waals surface area (Å²) in [6, 6.07) is 16.7. The maximum Gasteiger partial charge on any atom is 0.338 e. The molecule has 0 fully saturated rings. The Morgan fingerprint density at radius 2 is 1.88 bits per heavy atom. The number of hydrogen-bond acceptors (Lipinski definition) is 7. The van der Waals surface area contributed by atoms with Gasteiger partial charge in [-0.3, -0.25) is 14.0 Å². The van der Waals surface area contributed by atoms with Gasteiger partial charge < -0.3 is 14.8 Å². The van der Waals surface area contributed by atoms with E-state index in [4.69, 9.17) is 9.47 Å². The lowest BCUT2D eigenvalue weighted by Gasteiger charge is -2.14. The van der Waals surface area contributed by atoms with E-state index in [0.717, 1.165) is 0 Å². The second-order valence-electron chi connectivity index (χ2n) is 6.86. The molecule has 0 saturated carbocycles. The van der Waals surface area contributed by atoms with E-state index in [-0.39, 0.29) is 18.1 Å². The van der Waals surface area contributed by atoms with E-state index in [2.05, 4.69) is 10.3 Å². The van der Waals surface area contributed by atoms with Crippen molar-refractivity contribution in [3.05, 3.63) is 93.9 Å². The average Bonchev–Trinajstić information content (AvgIpc) is 3.28. The highest BCUT2D eigenvalue weighted by Gasteiger charge is 2.15. The first-order valence-electron chi connectivity index (χ1n) is 9.75. The SMILES string of the molecule is C[C@H](Oc1ccccc1)C(=O)Nc1ccc(C(=O)OCc2cc(=O)n3ccsc3n2)cc1. The zero-order chi connectivity index (χ0) is 22.5. The van der Waals surface area contributed by atoms with Gasteiger partial charge in [0.15, 0.2) is 11.1 Å². The number of esters is 1. The van der Waals surface area contributed by atoms with E-state index in [1.807, 2.05) is 18.2 Å². The minimum atomic E-state index is -0.695. The maximum atomic E-state index is 12.3. The first-order chi connectivity index (χ1) is 15.5. The first-order valence-corrected chi connectivity index (χ1v) is 10.6. The fraction of sp³-hybridized carbons (Fsp3) is 0.130. The van der Waals surface area contributed by atoms with Crippen LogP contribution in [0.3, 0.4) is 0 Å². The largest absolute Gasteiger partial charge is 0.481 e. The minimum absolute atomic E-state index is 0.116. The standard InChI is InChI=1S/C23H19N3O5S/c1-15(31-19-5-3-2-4-6-19)21(28)24-17-9-7-16(8-10-17)22(29)30-14-18-13-20(27)26-11-12-32-23(26)25-18/h2-13,15H,14H2,1H3,(H,24,28)/t15-/m0/s1. The van der Waals surface area contributed by atoms with Crippen molar-refractivity contribution in [1.29, 1.82) is 0 Å². The number of ether oxygens (including phenoxy) is 2. The molecule has 1 N–H and O–H groups in total. The summed E-state index contributed by atoms with van der Waals surface area (Å²) in [5.74, 6) is -0.272. The van der Waals surface area contributed by atoms with Crippen molar-refractivity contribution in [3.8, 4) is 5.75 Å². The van der Waals surface area contributed by atoms with Gasteiger partial charge >= 0.3 is 5.97 Å². The highest BCUT2D eigenvalue weighted by molar-refractivity contribution is 7.15. The summed E-state index contributed by atoms with van der Waals surface area (Å²) in [6.07, 6.45) is 0.944. The molecular weight excluding hydrogens is 430 g/mol. The molecule has 0 aliphatic heterocycles. The molecule has 162 valence electrons. The molecular formula is C23H19N3O5S. The van der Waals surface area contributed by atoms with E-state index in [1.165, 1.54) is 21.8 Å². The summed E-state index contributed by atoms with van der Waals surface area (Å²) >= 11 is 1.32. The Balaban J connectivity index is 1.32. The van der Waals surface area contributed by atoms with Crippen LogP contribution < -0.4 is 15.6 Å². The number of nitrogens with zero attached hydrogens (tertiary/aromatic N) is 2. The molecule has 2 heterocycles. The van der Waals surface area contributed by atoms with Crippen molar-refractivity contribution in [2.45, 2.75) is 19.6 Å². The Hall–Kier alpha value is -3.98. The van der Waals surface area contributed by atoms with Crippen LogP contribution in [0.15, 0.2) is 77.0 Å². The molecule has 32 heavy (non-hydrogen) atoms. The summed E-state index contributed by atoms with van der Waals surface area (Å²) in [6.45, 7) is 1.54. The summed E-state index contributed by atoms with van der Waals surface area (Å²) in [4.78, 5) is 41.5. The average molecular weight is 449 g/mol. The molecule has 8 nitrogen and oxygen atoms in total. The minimum Gasteiger partial charge on any atom is -0.481 e. The van der Waals surface area contributed by atoms with E-state index in [9.17, 15) is 14.4 Å². The lowest BCUT2D eigenvalue weighted by molar-refractivity contribution is -0.122. The molecule has 1 amide bonds. The fourth-order valence-corrected chi connectivity index (χ4v) is 3.61. The van der Waals surface area contributed by atoms with Crippen LogP contribution in [0.2, 0.25) is 0 Å². The Morgan fingerprint density at radius 1 is 1.12 bits per heavy atom. The Labute approximate surface area is 187 Å². The van der Waals surface area contributed by atoms with Crippen LogP contribution in [0.4, 0.5) is 5.69 Å². The number of aromatic nitrogens is 2. The number of nitrogens with one attached hydrogen (secondary N) is 1. The van der Waals surface area contributed by atoms with Crippen LogP contribution in [0.25, 0.3) is 4.96 Å². The fourth-order valence-electron chi connectivity index (χ4n) is 2.87. The van der Waals surface area contributed by atoms with Gasteiger partial charge in [-0.1, -0.05) is 18.2 Å². The van der Waals surface area contributed by atoms with Gasteiger partial charge in [-0.2, -0.15) is 0 Å². The molecule has 4 aromatic rings. The van der Waals surface area contributed by atoms with E-state index < -0.39 is 12.1 Å². The lowest BCUT2D eigenvalue weighted by Crippen LogP contribution is -2.30. The van der Waals surface area contributed by atoms with Crippen molar-refractivity contribution in [3.63, 3.8) is 0 Å². The number of carbonyl (C=O) groups excluding carboxylic acids is 2. The molecule has 0 spiro atoms. The van der Waals surface area contributed by atoms with Crippen LogP contribution in [0.1, 0.15) is 23.0 Å². The molecule has 1 atom stereocenters. The van der Waals surface area contributed by atoms with Crippen molar-refractivity contribution in [2.24, 2.45) is 0 Å². The quantitative estimate of drug-likeness (QED) is 0.434. The van der Waals surface area contributed by atoms with Gasteiger partial charge in [0.25, 0.3) is 11.5 Å². The predicted molar refractivity (Wildman–Crippen MR) is 120 cm³/mol. The van der Waals surface area contributed by atoms with Crippen LogP contribution in [-0.2, 0) is 16.1 Å². The smallest absolute Gasteiger partial charge is 0.338 e. The van der Waals surface area contributed by atoms with Crippen LogP contribution in [0, 0.1) is 0 Å². The number of thiazole rings is 1. The monoisotopic (exact) mass is 449 g/mol. The van der Waals surface area contributed by atoms with Gasteiger partial charge in [0, 0.05) is 23.3 Å². The predicted octanol–water partition coefficient (Wildman–Crippen LogP) is 3.52. The molecule has 0 unspecified atom stereocenters. The van der Waals surface area contributed by atoms with Crippen molar-refractivity contribution in [2.75, 3.05) is 5.32 Å². The number of anilines is 1. The highest BCUT2D eigenvalue weighted by Crippen LogP contribution is 2.15. The molecule has 9 heteroatoms. The number of carbonyl (C=O) groups is 2. The Bertz CT molecular complexity index is 1300. The van der Waals surface area contributed by atoms with Gasteiger partial charge in [0.05, 0.1) is 11.3 Å². The van der Waals surface area contributed by atoms with Gasteiger partial charge in [0.1, 0.15) is 12.4 Å². The Morgan fingerprint density at radius 3 is 2.62 bits per heavy atom. The third kappa shape index (κ3) is 5.01. The number of amides is 1. The van der Waals surface area contributed by atoms with Gasteiger partial charge in [-0.05, 0) is 43.3 Å². The van der Waals surface area contributed by atoms with Gasteiger partial charge in [0.2, 0.25) is 0 Å². The van der Waals surface area contributed by atoms with Crippen LogP contribution in [0.5, 0.6) is 5.75 Å². The normalized spacial score (nSPS) is 11.7. The second kappa shape index (κ2) is 9.44. The molecule has 0 radical (unpaired) electrons. The van der Waals surface area contributed by atoms with Crippen molar-refractivity contribution in [1.82, 2.24) is 9.38 Å². The third-order valence-corrected chi connectivity index (χ3v) is 5.28. The third-order valence-electron chi connectivity index (χ3n) is 4.52. The lowest BCUT2D eigenvalue weighted by atomic mass is 10.2. The first kappa shape index (κ1) is 21.3. The van der Waals surface area contributed by atoms with Crippen LogP contribution in [-0.4, -0.2) is 27.4 Å². The van der Waals surface area contributed by atoms with Gasteiger partial charge in [-0.15, -0.1) is 11.3 Å². The van der Waals surface area contributed by atoms with Gasteiger partial charge in [-0.25, -0.2) is 9.78 Å². The van der Waals surface area contributed by atoms with E-state index >= 15 is 0 Å². The maximum absolute atomic E-state index is 12.3. The molecule has 2 aromatic heterocycles. The molecule has 0 bridgehead atoms. The van der Waals surface area contributed by atoms with E-state index in [1.54, 1.807) is 54.9 Å². The number of hydrogen-bond donors (Lipinski definition) is 1. The van der Waals surface area contributed by atoms with E-state index in [0.29, 0.717) is 27.7 Å². The summed E-state index contributed by atoms with van der Waals surface area (Å²) in [5, 5.41) is 4.50. The molecule has 0 aliphatic rings. The number of para-hydroxylation sites is 1. The zero-order valence-corrected chi connectivity index (χ0v) is 17.9. The second-order valence-corrected chi connectivity index (χ2v) is 7.73. The molecule has 2 aromatic carbocycles. The molecule has 0 aliphatic carbocycles.